The number of halogens is 2. The molecule has 0 saturated heterocycles. The third kappa shape index (κ3) is 2.47. The molecule has 0 radical (unpaired) electrons. The molecule has 0 saturated carbocycles. The molecule has 0 fully saturated rings. The molecule has 0 aliphatic carbocycles. The highest BCUT2D eigenvalue weighted by atomic mass is 19.3. The Bertz CT molecular complexity index is 1120. The van der Waals surface area contributed by atoms with Gasteiger partial charge < -0.3 is 0 Å². The fourth-order valence-electron chi connectivity index (χ4n) is 3.94. The minimum Gasteiger partial charge on any atom is -0.245 e. The normalized spacial score (nSPS) is 12.0. The number of hydrogen-bond acceptors (Lipinski definition) is 1. The second-order valence-corrected chi connectivity index (χ2v) is 6.87. The quantitative estimate of drug-likeness (QED) is 0.380. The van der Waals surface area contributed by atoms with Gasteiger partial charge in [0.15, 0.2) is 0 Å². The van der Waals surface area contributed by atoms with Crippen molar-refractivity contribution in [1.29, 1.82) is 0 Å². The Kier molecular flexibility index (Phi) is 3.76. The van der Waals surface area contributed by atoms with Crippen molar-refractivity contribution >= 4 is 21.7 Å². The van der Waals surface area contributed by atoms with E-state index in [2.05, 4.69) is 4.98 Å². The van der Waals surface area contributed by atoms with Crippen LogP contribution in [0, 0.1) is 20.8 Å². The standard InChI is InChI=1S/C23H19F2N/c1-14-12-15(2)21(16(3)13-14)23(24,25)22-19-10-5-4-8-17(19)18-9-6-7-11-20(18)26-22/h4-13H,1-3H3. The summed E-state index contributed by atoms with van der Waals surface area (Å²) >= 11 is 0. The van der Waals surface area contributed by atoms with Crippen LogP contribution in [-0.2, 0) is 5.92 Å². The highest BCUT2D eigenvalue weighted by Crippen LogP contribution is 2.42. The number of aryl methyl sites for hydroxylation is 3. The summed E-state index contributed by atoms with van der Waals surface area (Å²) in [7, 11) is 0. The zero-order valence-electron chi connectivity index (χ0n) is 15.0. The third-order valence-electron chi connectivity index (χ3n) is 4.90. The summed E-state index contributed by atoms with van der Waals surface area (Å²) in [5, 5.41) is 2.19. The molecule has 3 aromatic carbocycles. The lowest BCUT2D eigenvalue weighted by Gasteiger charge is -2.23. The van der Waals surface area contributed by atoms with Crippen molar-refractivity contribution in [2.24, 2.45) is 0 Å². The molecule has 4 aromatic rings. The van der Waals surface area contributed by atoms with Gasteiger partial charge in [0.2, 0.25) is 0 Å². The molecule has 0 aliphatic rings. The summed E-state index contributed by atoms with van der Waals surface area (Å²) in [6.45, 7) is 5.41. The number of nitrogens with zero attached hydrogens (tertiary/aromatic N) is 1. The van der Waals surface area contributed by atoms with Crippen LogP contribution in [0.5, 0.6) is 0 Å². The van der Waals surface area contributed by atoms with Gasteiger partial charge in [-0.25, -0.2) is 4.98 Å². The molecule has 1 nitrogen and oxygen atoms in total. The number of hydrogen-bond donors (Lipinski definition) is 0. The van der Waals surface area contributed by atoms with Crippen LogP contribution in [0.3, 0.4) is 0 Å². The van der Waals surface area contributed by atoms with Crippen LogP contribution in [0.2, 0.25) is 0 Å². The largest absolute Gasteiger partial charge is 0.316 e. The van der Waals surface area contributed by atoms with Crippen molar-refractivity contribution in [3.05, 3.63) is 88.6 Å². The summed E-state index contributed by atoms with van der Waals surface area (Å²) in [5.41, 5.74) is 2.62. The minimum atomic E-state index is -3.18. The monoisotopic (exact) mass is 347 g/mol. The first-order valence-electron chi connectivity index (χ1n) is 8.63. The van der Waals surface area contributed by atoms with E-state index in [1.54, 1.807) is 44.2 Å². The van der Waals surface area contributed by atoms with Gasteiger partial charge >= 0.3 is 5.92 Å². The summed E-state index contributed by atoms with van der Waals surface area (Å²) in [6.07, 6.45) is 0. The Labute approximate surface area is 151 Å². The Morgan fingerprint density at radius 2 is 1.27 bits per heavy atom. The Morgan fingerprint density at radius 1 is 0.731 bits per heavy atom. The fraction of sp³-hybridized carbons (Fsp3) is 0.174. The van der Waals surface area contributed by atoms with Crippen LogP contribution in [0.15, 0.2) is 60.7 Å². The Balaban J connectivity index is 2.10. The number of aromatic nitrogens is 1. The number of alkyl halides is 2. The maximum atomic E-state index is 15.7. The maximum absolute atomic E-state index is 15.7. The predicted octanol–water partition coefficient (Wildman–Crippen LogP) is 6.45. The average Bonchev–Trinajstić information content (AvgIpc) is 2.60. The number of para-hydroxylation sites is 1. The van der Waals surface area contributed by atoms with Gasteiger partial charge in [-0.05, 0) is 43.4 Å². The molecule has 26 heavy (non-hydrogen) atoms. The molecule has 130 valence electrons. The average molecular weight is 347 g/mol. The molecule has 0 aliphatic heterocycles. The van der Waals surface area contributed by atoms with Crippen molar-refractivity contribution < 1.29 is 8.78 Å². The second kappa shape index (κ2) is 5.87. The van der Waals surface area contributed by atoms with E-state index < -0.39 is 5.92 Å². The lowest BCUT2D eigenvalue weighted by Crippen LogP contribution is -2.21. The van der Waals surface area contributed by atoms with Gasteiger partial charge in [0.1, 0.15) is 5.69 Å². The lowest BCUT2D eigenvalue weighted by molar-refractivity contribution is 0.0388. The van der Waals surface area contributed by atoms with E-state index >= 15 is 8.78 Å². The Hall–Kier alpha value is -2.81. The summed E-state index contributed by atoms with van der Waals surface area (Å²) in [5.74, 6) is -3.18. The number of benzene rings is 3. The van der Waals surface area contributed by atoms with E-state index in [1.165, 1.54) is 0 Å². The van der Waals surface area contributed by atoms with Crippen molar-refractivity contribution in [2.45, 2.75) is 26.7 Å². The van der Waals surface area contributed by atoms with Crippen LogP contribution >= 0.6 is 0 Å². The van der Waals surface area contributed by atoms with Crippen LogP contribution in [0.25, 0.3) is 21.7 Å². The van der Waals surface area contributed by atoms with E-state index in [-0.39, 0.29) is 11.3 Å². The van der Waals surface area contributed by atoms with Crippen molar-refractivity contribution in [1.82, 2.24) is 4.98 Å². The summed E-state index contributed by atoms with van der Waals surface area (Å²) < 4.78 is 31.5. The highest BCUT2D eigenvalue weighted by molar-refractivity contribution is 6.06. The third-order valence-corrected chi connectivity index (χ3v) is 4.90. The van der Waals surface area contributed by atoms with Gasteiger partial charge in [-0.3, -0.25) is 0 Å². The molecule has 0 bridgehead atoms. The first kappa shape index (κ1) is 16.6. The van der Waals surface area contributed by atoms with Gasteiger partial charge in [-0.1, -0.05) is 60.2 Å². The van der Waals surface area contributed by atoms with E-state index in [9.17, 15) is 0 Å². The first-order chi connectivity index (χ1) is 12.4. The van der Waals surface area contributed by atoms with Gasteiger partial charge in [-0.2, -0.15) is 8.78 Å². The van der Waals surface area contributed by atoms with Crippen molar-refractivity contribution in [2.75, 3.05) is 0 Å². The molecule has 1 aromatic heterocycles. The van der Waals surface area contributed by atoms with Gasteiger partial charge in [0.05, 0.1) is 5.52 Å². The van der Waals surface area contributed by atoms with E-state index in [0.29, 0.717) is 22.0 Å². The van der Waals surface area contributed by atoms with Crippen molar-refractivity contribution in [3.63, 3.8) is 0 Å². The number of pyridine rings is 1. The molecular formula is C23H19F2N. The Morgan fingerprint density at radius 3 is 1.92 bits per heavy atom. The van der Waals surface area contributed by atoms with Gasteiger partial charge in [0, 0.05) is 16.3 Å². The second-order valence-electron chi connectivity index (χ2n) is 6.87. The first-order valence-corrected chi connectivity index (χ1v) is 8.63. The van der Waals surface area contributed by atoms with Gasteiger partial charge in [-0.15, -0.1) is 0 Å². The van der Waals surface area contributed by atoms with E-state index in [4.69, 9.17) is 0 Å². The van der Waals surface area contributed by atoms with Crippen LogP contribution < -0.4 is 0 Å². The molecule has 0 amide bonds. The molecular weight excluding hydrogens is 328 g/mol. The summed E-state index contributed by atoms with van der Waals surface area (Å²) in [4.78, 5) is 4.41. The number of rotatable bonds is 2. The topological polar surface area (TPSA) is 12.9 Å². The van der Waals surface area contributed by atoms with E-state index in [0.717, 1.165) is 16.3 Å². The predicted molar refractivity (Wildman–Crippen MR) is 103 cm³/mol. The molecule has 0 spiro atoms. The zero-order chi connectivity index (χ0) is 18.5. The number of fused-ring (bicyclic) bond motifs is 3. The molecule has 0 atom stereocenters. The molecule has 1 heterocycles. The SMILES string of the molecule is Cc1cc(C)c(C(F)(F)c2nc3ccccc3c3ccccc23)c(C)c1. The molecule has 0 N–H and O–H groups in total. The fourth-order valence-corrected chi connectivity index (χ4v) is 3.94. The maximum Gasteiger partial charge on any atom is 0.316 e. The van der Waals surface area contributed by atoms with Crippen molar-refractivity contribution in [3.8, 4) is 0 Å². The molecule has 0 unspecified atom stereocenters. The van der Waals surface area contributed by atoms with Gasteiger partial charge in [0.25, 0.3) is 0 Å². The summed E-state index contributed by atoms with van der Waals surface area (Å²) in [6, 6.07) is 18.3. The van der Waals surface area contributed by atoms with Crippen LogP contribution in [0.4, 0.5) is 8.78 Å². The smallest absolute Gasteiger partial charge is 0.245 e. The molecule has 3 heteroatoms. The van der Waals surface area contributed by atoms with Crippen LogP contribution in [-0.4, -0.2) is 4.98 Å². The minimum absolute atomic E-state index is 0.0519. The lowest BCUT2D eigenvalue weighted by atomic mass is 9.90. The van der Waals surface area contributed by atoms with Crippen LogP contribution in [0.1, 0.15) is 27.9 Å². The zero-order valence-corrected chi connectivity index (χ0v) is 15.0. The highest BCUT2D eigenvalue weighted by Gasteiger charge is 2.40. The molecule has 4 rings (SSSR count). The van der Waals surface area contributed by atoms with E-state index in [1.807, 2.05) is 37.3 Å².